The molecule has 0 aliphatic rings. The summed E-state index contributed by atoms with van der Waals surface area (Å²) in [4.78, 5) is 26.1. The summed E-state index contributed by atoms with van der Waals surface area (Å²) in [7, 11) is 0. The van der Waals surface area contributed by atoms with Crippen molar-refractivity contribution in [3.05, 3.63) is 24.0 Å². The molecule has 20 heavy (non-hydrogen) atoms. The second-order valence-corrected chi connectivity index (χ2v) is 4.99. The first-order chi connectivity index (χ1) is 9.50. The van der Waals surface area contributed by atoms with Gasteiger partial charge < -0.3 is 10.1 Å². The van der Waals surface area contributed by atoms with E-state index in [2.05, 4.69) is 15.8 Å². The van der Waals surface area contributed by atoms with Crippen molar-refractivity contribution in [2.75, 3.05) is 0 Å². The number of aromatic amines is 1. The van der Waals surface area contributed by atoms with Gasteiger partial charge in [0, 0.05) is 6.20 Å². The van der Waals surface area contributed by atoms with Gasteiger partial charge in [0.15, 0.2) is 0 Å². The fourth-order valence-corrected chi connectivity index (χ4v) is 2.24. The SMILES string of the molecule is CCCC(O)(CCC)CC(=O)NNC(=O)c1ccc[nH]1. The highest BCUT2D eigenvalue weighted by atomic mass is 16.3. The van der Waals surface area contributed by atoms with Crippen molar-refractivity contribution in [1.29, 1.82) is 0 Å². The van der Waals surface area contributed by atoms with Crippen molar-refractivity contribution in [2.45, 2.75) is 51.6 Å². The number of amides is 2. The fraction of sp³-hybridized carbons (Fsp3) is 0.571. The minimum atomic E-state index is -0.995. The van der Waals surface area contributed by atoms with Crippen molar-refractivity contribution in [3.8, 4) is 0 Å². The average Bonchev–Trinajstić information content (AvgIpc) is 2.90. The van der Waals surface area contributed by atoms with Crippen LogP contribution in [0.5, 0.6) is 0 Å². The van der Waals surface area contributed by atoms with E-state index in [1.54, 1.807) is 18.3 Å². The first kappa shape index (κ1) is 16.2. The summed E-state index contributed by atoms with van der Waals surface area (Å²) >= 11 is 0. The van der Waals surface area contributed by atoms with E-state index in [1.807, 2.05) is 13.8 Å². The van der Waals surface area contributed by atoms with Crippen molar-refractivity contribution in [3.63, 3.8) is 0 Å². The Morgan fingerprint density at radius 1 is 1.25 bits per heavy atom. The number of hydrogen-bond acceptors (Lipinski definition) is 3. The Labute approximate surface area is 118 Å². The topological polar surface area (TPSA) is 94.2 Å². The zero-order chi connectivity index (χ0) is 15.0. The molecule has 0 aliphatic heterocycles. The monoisotopic (exact) mass is 281 g/mol. The number of carbonyl (C=O) groups is 2. The molecule has 1 aromatic rings. The van der Waals surface area contributed by atoms with Gasteiger partial charge in [-0.3, -0.25) is 20.4 Å². The van der Waals surface area contributed by atoms with Gasteiger partial charge in [-0.15, -0.1) is 0 Å². The molecule has 2 amide bonds. The van der Waals surface area contributed by atoms with Crippen LogP contribution in [0, 0.1) is 0 Å². The Bertz CT molecular complexity index is 423. The van der Waals surface area contributed by atoms with E-state index >= 15 is 0 Å². The van der Waals surface area contributed by atoms with E-state index < -0.39 is 17.4 Å². The van der Waals surface area contributed by atoms with Gasteiger partial charge in [-0.2, -0.15) is 0 Å². The lowest BCUT2D eigenvalue weighted by Crippen LogP contribution is -2.45. The molecule has 0 spiro atoms. The van der Waals surface area contributed by atoms with Crippen LogP contribution in [-0.4, -0.2) is 27.5 Å². The summed E-state index contributed by atoms with van der Waals surface area (Å²) in [6, 6.07) is 3.30. The first-order valence-electron chi connectivity index (χ1n) is 6.95. The van der Waals surface area contributed by atoms with Crippen LogP contribution >= 0.6 is 0 Å². The Kier molecular flexibility index (Phi) is 6.24. The van der Waals surface area contributed by atoms with Crippen molar-refractivity contribution in [2.24, 2.45) is 0 Å². The van der Waals surface area contributed by atoms with Gasteiger partial charge in [0.05, 0.1) is 12.0 Å². The standard InChI is InChI=1S/C14H23N3O3/c1-3-7-14(20,8-4-2)10-12(18)16-17-13(19)11-6-5-9-15-11/h5-6,9,15,20H,3-4,7-8,10H2,1-2H3,(H,16,18)(H,17,19). The Morgan fingerprint density at radius 2 is 1.90 bits per heavy atom. The molecule has 0 fully saturated rings. The molecule has 1 rings (SSSR count). The highest BCUT2D eigenvalue weighted by Crippen LogP contribution is 2.23. The molecule has 0 aliphatic carbocycles. The third-order valence-electron chi connectivity index (χ3n) is 3.08. The Balaban J connectivity index is 2.44. The molecule has 0 unspecified atom stereocenters. The molecule has 0 radical (unpaired) electrons. The highest BCUT2D eigenvalue weighted by molar-refractivity contribution is 5.93. The highest BCUT2D eigenvalue weighted by Gasteiger charge is 2.28. The Morgan fingerprint density at radius 3 is 2.40 bits per heavy atom. The Hall–Kier alpha value is -1.82. The molecule has 6 nitrogen and oxygen atoms in total. The summed E-state index contributed by atoms with van der Waals surface area (Å²) in [5.74, 6) is -0.813. The number of H-pyrrole nitrogens is 1. The largest absolute Gasteiger partial charge is 0.389 e. The van der Waals surface area contributed by atoms with E-state index in [-0.39, 0.29) is 6.42 Å². The zero-order valence-corrected chi connectivity index (χ0v) is 12.0. The molecule has 1 heterocycles. The van der Waals surface area contributed by atoms with Crippen LogP contribution in [0.1, 0.15) is 56.4 Å². The maximum Gasteiger partial charge on any atom is 0.286 e. The quantitative estimate of drug-likeness (QED) is 0.570. The van der Waals surface area contributed by atoms with Crippen molar-refractivity contribution >= 4 is 11.8 Å². The number of nitrogens with one attached hydrogen (secondary N) is 3. The molecular weight excluding hydrogens is 258 g/mol. The van der Waals surface area contributed by atoms with E-state index in [1.165, 1.54) is 0 Å². The number of aliphatic hydroxyl groups is 1. The summed E-state index contributed by atoms with van der Waals surface area (Å²) in [5, 5.41) is 10.4. The zero-order valence-electron chi connectivity index (χ0n) is 12.0. The number of hydrogen-bond donors (Lipinski definition) is 4. The minimum absolute atomic E-state index is 0.0142. The van der Waals surface area contributed by atoms with Crippen LogP contribution < -0.4 is 10.9 Å². The van der Waals surface area contributed by atoms with Gasteiger partial charge in [-0.25, -0.2) is 0 Å². The molecule has 0 saturated heterocycles. The normalized spacial score (nSPS) is 11.2. The molecule has 0 aromatic carbocycles. The minimum Gasteiger partial charge on any atom is -0.389 e. The lowest BCUT2D eigenvalue weighted by molar-refractivity contribution is -0.127. The summed E-state index contributed by atoms with van der Waals surface area (Å²) in [6.45, 7) is 3.93. The van der Waals surface area contributed by atoms with Crippen molar-refractivity contribution < 1.29 is 14.7 Å². The van der Waals surface area contributed by atoms with Gasteiger partial charge in [0.25, 0.3) is 5.91 Å². The number of aromatic nitrogens is 1. The van der Waals surface area contributed by atoms with Crippen LogP contribution in [0.2, 0.25) is 0 Å². The summed E-state index contributed by atoms with van der Waals surface area (Å²) < 4.78 is 0. The van der Waals surface area contributed by atoms with Gasteiger partial charge in [0.2, 0.25) is 5.91 Å². The molecule has 4 N–H and O–H groups in total. The van der Waals surface area contributed by atoms with E-state index in [0.717, 1.165) is 12.8 Å². The molecule has 112 valence electrons. The van der Waals surface area contributed by atoms with Gasteiger partial charge in [-0.05, 0) is 25.0 Å². The molecule has 0 saturated carbocycles. The van der Waals surface area contributed by atoms with Gasteiger partial charge in [0.1, 0.15) is 5.69 Å². The number of rotatable bonds is 7. The smallest absolute Gasteiger partial charge is 0.286 e. The lowest BCUT2D eigenvalue weighted by Gasteiger charge is -2.26. The maximum atomic E-state index is 11.8. The van der Waals surface area contributed by atoms with E-state index in [0.29, 0.717) is 18.5 Å². The van der Waals surface area contributed by atoms with Crippen LogP contribution in [0.25, 0.3) is 0 Å². The van der Waals surface area contributed by atoms with Crippen molar-refractivity contribution in [1.82, 2.24) is 15.8 Å². The maximum absolute atomic E-state index is 11.8. The fourth-order valence-electron chi connectivity index (χ4n) is 2.24. The molecule has 1 aromatic heterocycles. The predicted octanol–water partition coefficient (Wildman–Crippen LogP) is 1.50. The summed E-state index contributed by atoms with van der Waals surface area (Å²) in [5.41, 5.74) is 4.00. The van der Waals surface area contributed by atoms with E-state index in [4.69, 9.17) is 0 Å². The third-order valence-corrected chi connectivity index (χ3v) is 3.08. The van der Waals surface area contributed by atoms with Crippen LogP contribution in [-0.2, 0) is 4.79 Å². The molecular formula is C14H23N3O3. The first-order valence-corrected chi connectivity index (χ1v) is 6.95. The predicted molar refractivity (Wildman–Crippen MR) is 75.8 cm³/mol. The average molecular weight is 281 g/mol. The third kappa shape index (κ3) is 5.05. The number of carbonyl (C=O) groups excluding carboxylic acids is 2. The second kappa shape index (κ2) is 7.69. The van der Waals surface area contributed by atoms with Crippen LogP contribution in [0.4, 0.5) is 0 Å². The molecule has 6 heteroatoms. The summed E-state index contributed by atoms with van der Waals surface area (Å²) in [6.07, 6.45) is 4.35. The molecule has 0 atom stereocenters. The lowest BCUT2D eigenvalue weighted by atomic mass is 9.89. The van der Waals surface area contributed by atoms with Crippen LogP contribution in [0.15, 0.2) is 18.3 Å². The van der Waals surface area contributed by atoms with Gasteiger partial charge >= 0.3 is 0 Å². The number of hydrazine groups is 1. The van der Waals surface area contributed by atoms with Gasteiger partial charge in [-0.1, -0.05) is 26.7 Å². The second-order valence-electron chi connectivity index (χ2n) is 4.99. The van der Waals surface area contributed by atoms with Crippen LogP contribution in [0.3, 0.4) is 0 Å². The van der Waals surface area contributed by atoms with E-state index in [9.17, 15) is 14.7 Å². The molecule has 0 bridgehead atoms.